The van der Waals surface area contributed by atoms with Crippen LogP contribution >= 0.6 is 12.2 Å². The Labute approximate surface area is 102 Å². The van der Waals surface area contributed by atoms with E-state index in [1.165, 1.54) is 12.3 Å². The molecule has 1 aliphatic heterocycles. The van der Waals surface area contributed by atoms with Gasteiger partial charge in [0.2, 0.25) is 0 Å². The van der Waals surface area contributed by atoms with Gasteiger partial charge in [0.1, 0.15) is 11.3 Å². The van der Waals surface area contributed by atoms with Crippen molar-refractivity contribution in [1.82, 2.24) is 10.6 Å². The number of thiocarbonyl (C=S) groups is 1. The molecule has 1 aliphatic rings. The molecule has 1 saturated heterocycles. The monoisotopic (exact) mass is 248 g/mol. The van der Waals surface area contributed by atoms with Crippen LogP contribution in [-0.4, -0.2) is 16.9 Å². The summed E-state index contributed by atoms with van der Waals surface area (Å²) >= 11 is 4.67. The van der Waals surface area contributed by atoms with Crippen molar-refractivity contribution in [3.8, 4) is 0 Å². The van der Waals surface area contributed by atoms with E-state index in [-0.39, 0.29) is 10.7 Å². The first-order valence-electron chi connectivity index (χ1n) is 4.75. The summed E-state index contributed by atoms with van der Waals surface area (Å²) in [6, 6.07) is 3.50. The van der Waals surface area contributed by atoms with Gasteiger partial charge < -0.3 is 4.42 Å². The van der Waals surface area contributed by atoms with Gasteiger partial charge in [-0.3, -0.25) is 20.2 Å². The maximum absolute atomic E-state index is 11.4. The molecule has 1 aromatic rings. The van der Waals surface area contributed by atoms with Crippen LogP contribution < -0.4 is 10.6 Å². The van der Waals surface area contributed by atoms with Crippen LogP contribution in [0.4, 0.5) is 0 Å². The summed E-state index contributed by atoms with van der Waals surface area (Å²) in [5, 5.41) is 4.70. The molecule has 0 bridgehead atoms. The summed E-state index contributed by atoms with van der Waals surface area (Å²) in [5.41, 5.74) is 0.00130. The molecule has 86 valence electrons. The second-order valence-electron chi connectivity index (χ2n) is 3.19. The first-order valence-corrected chi connectivity index (χ1v) is 5.16. The number of hydrogen-bond donors (Lipinski definition) is 2. The molecule has 0 saturated carbocycles. The minimum atomic E-state index is -0.511. The smallest absolute Gasteiger partial charge is 0.263 e. The summed E-state index contributed by atoms with van der Waals surface area (Å²) in [6.45, 7) is 0. The SMILES string of the molecule is O=C1NC(=S)NC(=O)C1=C/C=C\c1ccco1. The summed E-state index contributed by atoms with van der Waals surface area (Å²) < 4.78 is 5.06. The second kappa shape index (κ2) is 4.75. The molecule has 17 heavy (non-hydrogen) atoms. The summed E-state index contributed by atoms with van der Waals surface area (Å²) in [7, 11) is 0. The molecule has 0 atom stereocenters. The lowest BCUT2D eigenvalue weighted by atomic mass is 10.2. The van der Waals surface area contributed by atoms with Crippen molar-refractivity contribution in [2.45, 2.75) is 0 Å². The van der Waals surface area contributed by atoms with Gasteiger partial charge in [-0.05, 0) is 36.5 Å². The third-order valence-corrected chi connectivity index (χ3v) is 2.21. The van der Waals surface area contributed by atoms with E-state index in [9.17, 15) is 9.59 Å². The van der Waals surface area contributed by atoms with E-state index in [1.807, 2.05) is 0 Å². The van der Waals surface area contributed by atoms with Gasteiger partial charge >= 0.3 is 0 Å². The summed E-state index contributed by atoms with van der Waals surface area (Å²) in [5.74, 6) is -0.389. The van der Waals surface area contributed by atoms with E-state index < -0.39 is 11.8 Å². The lowest BCUT2D eigenvalue weighted by Gasteiger charge is -2.15. The van der Waals surface area contributed by atoms with Crippen LogP contribution in [0.3, 0.4) is 0 Å². The fourth-order valence-corrected chi connectivity index (χ4v) is 1.44. The van der Waals surface area contributed by atoms with Crippen molar-refractivity contribution >= 4 is 35.2 Å². The van der Waals surface area contributed by atoms with Gasteiger partial charge in [0.15, 0.2) is 5.11 Å². The van der Waals surface area contributed by atoms with E-state index in [1.54, 1.807) is 24.3 Å². The van der Waals surface area contributed by atoms with Gasteiger partial charge in [-0.1, -0.05) is 6.08 Å². The summed E-state index contributed by atoms with van der Waals surface area (Å²) in [4.78, 5) is 22.8. The van der Waals surface area contributed by atoms with Gasteiger partial charge in [-0.2, -0.15) is 0 Å². The molecule has 0 radical (unpaired) electrons. The maximum Gasteiger partial charge on any atom is 0.263 e. The number of allylic oxidation sites excluding steroid dienone is 2. The van der Waals surface area contributed by atoms with Crippen molar-refractivity contribution in [1.29, 1.82) is 0 Å². The average Bonchev–Trinajstić information content (AvgIpc) is 2.74. The van der Waals surface area contributed by atoms with Gasteiger partial charge in [-0.25, -0.2) is 0 Å². The molecular formula is C11H8N2O3S. The van der Waals surface area contributed by atoms with Crippen molar-refractivity contribution in [3.63, 3.8) is 0 Å². The average molecular weight is 248 g/mol. The van der Waals surface area contributed by atoms with E-state index in [0.717, 1.165) is 0 Å². The Balaban J connectivity index is 2.13. The molecule has 2 heterocycles. The first-order chi connectivity index (χ1) is 8.16. The van der Waals surface area contributed by atoms with Gasteiger partial charge in [0, 0.05) is 0 Å². The Bertz CT molecular complexity index is 507. The van der Waals surface area contributed by atoms with Crippen molar-refractivity contribution in [2.24, 2.45) is 0 Å². The van der Waals surface area contributed by atoms with Crippen molar-refractivity contribution in [2.75, 3.05) is 0 Å². The molecule has 0 unspecified atom stereocenters. The normalized spacial score (nSPS) is 16.0. The van der Waals surface area contributed by atoms with E-state index >= 15 is 0 Å². The summed E-state index contributed by atoms with van der Waals surface area (Å²) in [6.07, 6.45) is 6.13. The number of carbonyl (C=O) groups excluding carboxylic acids is 2. The highest BCUT2D eigenvalue weighted by Gasteiger charge is 2.24. The third-order valence-electron chi connectivity index (χ3n) is 2.01. The third kappa shape index (κ3) is 2.67. The fourth-order valence-electron chi connectivity index (χ4n) is 1.25. The zero-order chi connectivity index (χ0) is 12.3. The van der Waals surface area contributed by atoms with Crippen LogP contribution in [0.25, 0.3) is 6.08 Å². The minimum absolute atomic E-state index is 0.00130. The van der Waals surface area contributed by atoms with Crippen molar-refractivity contribution in [3.05, 3.63) is 41.9 Å². The predicted molar refractivity (Wildman–Crippen MR) is 64.7 cm³/mol. The Morgan fingerprint density at radius 2 is 1.94 bits per heavy atom. The quantitative estimate of drug-likeness (QED) is 0.460. The molecule has 0 aliphatic carbocycles. The van der Waals surface area contributed by atoms with Gasteiger partial charge in [0.05, 0.1) is 6.26 Å². The largest absolute Gasteiger partial charge is 0.465 e. The van der Waals surface area contributed by atoms with Gasteiger partial charge in [0.25, 0.3) is 11.8 Å². The lowest BCUT2D eigenvalue weighted by molar-refractivity contribution is -0.123. The lowest BCUT2D eigenvalue weighted by Crippen LogP contribution is -2.51. The highest BCUT2D eigenvalue weighted by Crippen LogP contribution is 2.05. The predicted octanol–water partition coefficient (Wildman–Crippen LogP) is 0.750. The van der Waals surface area contributed by atoms with Crippen LogP contribution in [0.15, 0.2) is 40.5 Å². The Morgan fingerprint density at radius 1 is 1.24 bits per heavy atom. The highest BCUT2D eigenvalue weighted by atomic mass is 32.1. The number of amides is 2. The van der Waals surface area contributed by atoms with Crippen molar-refractivity contribution < 1.29 is 14.0 Å². The molecular weight excluding hydrogens is 240 g/mol. The molecule has 2 amide bonds. The number of carbonyl (C=O) groups is 2. The zero-order valence-corrected chi connectivity index (χ0v) is 9.41. The molecule has 6 heteroatoms. The molecule has 1 aromatic heterocycles. The Morgan fingerprint density at radius 3 is 2.53 bits per heavy atom. The second-order valence-corrected chi connectivity index (χ2v) is 3.60. The number of nitrogens with one attached hydrogen (secondary N) is 2. The van der Waals surface area contributed by atoms with E-state index in [2.05, 4.69) is 22.9 Å². The molecule has 0 aromatic carbocycles. The van der Waals surface area contributed by atoms with Crippen LogP contribution in [-0.2, 0) is 9.59 Å². The Kier molecular flexibility index (Phi) is 3.15. The number of rotatable bonds is 2. The van der Waals surface area contributed by atoms with E-state index in [4.69, 9.17) is 4.42 Å². The van der Waals surface area contributed by atoms with Crippen LogP contribution in [0.2, 0.25) is 0 Å². The van der Waals surface area contributed by atoms with Crippen LogP contribution in [0, 0.1) is 0 Å². The van der Waals surface area contributed by atoms with Gasteiger partial charge in [-0.15, -0.1) is 0 Å². The molecule has 0 spiro atoms. The zero-order valence-electron chi connectivity index (χ0n) is 8.60. The number of furan rings is 1. The number of hydrogen-bond acceptors (Lipinski definition) is 4. The molecule has 5 nitrogen and oxygen atoms in total. The fraction of sp³-hybridized carbons (Fsp3) is 0. The van der Waals surface area contributed by atoms with E-state index in [0.29, 0.717) is 5.76 Å². The molecule has 1 fully saturated rings. The Hall–Kier alpha value is -2.21. The maximum atomic E-state index is 11.4. The minimum Gasteiger partial charge on any atom is -0.465 e. The standard InChI is InChI=1S/C11H8N2O3S/c14-9-8(10(15)13-11(17)12-9)5-1-3-7-4-2-6-16-7/h1-6H,(H2,12,13,14,15,17)/b3-1-. The first kappa shape index (κ1) is 11.3. The highest BCUT2D eigenvalue weighted by molar-refractivity contribution is 7.80. The molecule has 2 rings (SSSR count). The van der Waals surface area contributed by atoms with Crippen LogP contribution in [0.1, 0.15) is 5.76 Å². The topological polar surface area (TPSA) is 71.3 Å². The molecule has 2 N–H and O–H groups in total. The van der Waals surface area contributed by atoms with Crippen LogP contribution in [0.5, 0.6) is 0 Å².